The van der Waals surface area contributed by atoms with Gasteiger partial charge in [0.25, 0.3) is 0 Å². The van der Waals surface area contributed by atoms with Crippen molar-refractivity contribution in [1.29, 1.82) is 5.26 Å². The number of halogens is 3. The Morgan fingerprint density at radius 3 is 2.46 bits per heavy atom. The highest BCUT2D eigenvalue weighted by molar-refractivity contribution is 5.63. The van der Waals surface area contributed by atoms with Gasteiger partial charge in [-0.15, -0.1) is 0 Å². The number of allylic oxidation sites excluding steroid dienone is 5. The fourth-order valence-corrected chi connectivity index (χ4v) is 4.17. The van der Waals surface area contributed by atoms with E-state index in [1.165, 1.54) is 17.7 Å². The average molecular weight is 386 g/mol. The second-order valence-electron chi connectivity index (χ2n) is 7.54. The Morgan fingerprint density at radius 1 is 1.04 bits per heavy atom. The van der Waals surface area contributed by atoms with Gasteiger partial charge in [-0.05, 0) is 62.3 Å². The van der Waals surface area contributed by atoms with Crippen LogP contribution in [0.1, 0.15) is 57.1 Å². The number of anilines is 1. The van der Waals surface area contributed by atoms with Crippen LogP contribution in [0.3, 0.4) is 0 Å². The Morgan fingerprint density at radius 2 is 1.75 bits per heavy atom. The molecule has 1 aromatic carbocycles. The van der Waals surface area contributed by atoms with Crippen LogP contribution in [0.15, 0.2) is 53.8 Å². The molecule has 1 aliphatic heterocycles. The number of alkyl halides is 3. The maximum atomic E-state index is 13.9. The number of nitriles is 1. The number of hydrogen-bond donors (Lipinski definition) is 0. The Bertz CT molecular complexity index is 856. The Labute approximate surface area is 164 Å². The van der Waals surface area contributed by atoms with Crippen LogP contribution in [-0.2, 0) is 6.18 Å². The third-order valence-electron chi connectivity index (χ3n) is 5.57. The molecule has 0 saturated carbocycles. The standard InChI is InChI=1S/C23H25F3N2/c1-16-8-6-7-9-17(2)28(21-11-5-3-4-10-19(16)21)22-13-12-18(15-27)14-20(22)23(24,25)26/h6-9,12-14,16-17H,3-5,10-11H2,1-2H3/b8-6-,9-7-. The lowest BCUT2D eigenvalue weighted by molar-refractivity contribution is -0.137. The highest BCUT2D eigenvalue weighted by Crippen LogP contribution is 2.42. The van der Waals surface area contributed by atoms with E-state index in [2.05, 4.69) is 13.0 Å². The van der Waals surface area contributed by atoms with E-state index in [0.717, 1.165) is 43.9 Å². The molecule has 148 valence electrons. The third kappa shape index (κ3) is 4.16. The fourth-order valence-electron chi connectivity index (χ4n) is 4.17. The number of hydrogen-bond acceptors (Lipinski definition) is 2. The summed E-state index contributed by atoms with van der Waals surface area (Å²) in [7, 11) is 0. The van der Waals surface area contributed by atoms with Crippen molar-refractivity contribution < 1.29 is 13.2 Å². The molecule has 1 heterocycles. The lowest BCUT2D eigenvalue weighted by Crippen LogP contribution is -2.34. The van der Waals surface area contributed by atoms with Crippen LogP contribution < -0.4 is 4.90 Å². The van der Waals surface area contributed by atoms with Gasteiger partial charge in [0.15, 0.2) is 0 Å². The molecule has 0 bridgehead atoms. The van der Waals surface area contributed by atoms with Crippen molar-refractivity contribution in [2.45, 2.75) is 58.2 Å². The minimum atomic E-state index is -4.53. The predicted octanol–water partition coefficient (Wildman–Crippen LogP) is 6.75. The molecule has 0 N–H and O–H groups in total. The monoisotopic (exact) mass is 386 g/mol. The zero-order valence-corrected chi connectivity index (χ0v) is 16.3. The van der Waals surface area contributed by atoms with Crippen molar-refractivity contribution in [3.63, 3.8) is 0 Å². The SMILES string of the molecule is CC1/C=C\C=C/C(C)N(c2ccc(C#N)cc2C(F)(F)F)C2=C1CCCCC2. The van der Waals surface area contributed by atoms with E-state index in [1.54, 1.807) is 0 Å². The van der Waals surface area contributed by atoms with E-state index >= 15 is 0 Å². The summed E-state index contributed by atoms with van der Waals surface area (Å²) < 4.78 is 41.7. The molecule has 5 heteroatoms. The third-order valence-corrected chi connectivity index (χ3v) is 5.57. The zero-order valence-electron chi connectivity index (χ0n) is 16.3. The Hall–Kier alpha value is -2.48. The summed E-state index contributed by atoms with van der Waals surface area (Å²) in [6.07, 6.45) is 8.22. The van der Waals surface area contributed by atoms with E-state index in [9.17, 15) is 13.2 Å². The lowest BCUT2D eigenvalue weighted by Gasteiger charge is -2.36. The van der Waals surface area contributed by atoms with E-state index in [-0.39, 0.29) is 23.2 Å². The predicted molar refractivity (Wildman–Crippen MR) is 106 cm³/mol. The largest absolute Gasteiger partial charge is 0.418 e. The molecule has 1 aliphatic carbocycles. The van der Waals surface area contributed by atoms with Crippen LogP contribution in [0.2, 0.25) is 0 Å². The van der Waals surface area contributed by atoms with Crippen molar-refractivity contribution in [3.8, 4) is 6.07 Å². The summed E-state index contributed by atoms with van der Waals surface area (Å²) in [4.78, 5) is 1.85. The fraction of sp³-hybridized carbons (Fsp3) is 0.435. The number of nitrogens with zero attached hydrogens (tertiary/aromatic N) is 2. The molecule has 2 aliphatic rings. The van der Waals surface area contributed by atoms with Gasteiger partial charge in [-0.3, -0.25) is 0 Å². The normalized spacial score (nSPS) is 25.6. The molecule has 2 atom stereocenters. The summed E-state index contributed by atoms with van der Waals surface area (Å²) in [5.41, 5.74) is 1.63. The van der Waals surface area contributed by atoms with Gasteiger partial charge in [0.05, 0.1) is 22.9 Å². The molecule has 0 aromatic heterocycles. The van der Waals surface area contributed by atoms with Crippen molar-refractivity contribution in [3.05, 3.63) is 64.9 Å². The van der Waals surface area contributed by atoms with Crippen molar-refractivity contribution in [2.24, 2.45) is 5.92 Å². The van der Waals surface area contributed by atoms with Gasteiger partial charge in [-0.25, -0.2) is 0 Å². The van der Waals surface area contributed by atoms with Gasteiger partial charge in [-0.1, -0.05) is 37.6 Å². The molecule has 2 unspecified atom stereocenters. The van der Waals surface area contributed by atoms with Crippen LogP contribution >= 0.6 is 0 Å². The second kappa shape index (κ2) is 8.26. The van der Waals surface area contributed by atoms with Crippen LogP contribution in [0.5, 0.6) is 0 Å². The van der Waals surface area contributed by atoms with Crippen molar-refractivity contribution >= 4 is 5.69 Å². The molecule has 1 aromatic rings. The van der Waals surface area contributed by atoms with E-state index < -0.39 is 11.7 Å². The Kier molecular flexibility index (Phi) is 5.98. The number of benzene rings is 1. The van der Waals surface area contributed by atoms with Crippen LogP contribution in [-0.4, -0.2) is 6.04 Å². The zero-order chi connectivity index (χ0) is 20.3. The van der Waals surface area contributed by atoms with Gasteiger partial charge in [0.1, 0.15) is 0 Å². The topological polar surface area (TPSA) is 27.0 Å². The first-order valence-electron chi connectivity index (χ1n) is 9.80. The molecule has 0 spiro atoms. The molecule has 0 amide bonds. The summed E-state index contributed by atoms with van der Waals surface area (Å²) in [6.45, 7) is 4.04. The van der Waals surface area contributed by atoms with E-state index in [4.69, 9.17) is 5.26 Å². The van der Waals surface area contributed by atoms with Crippen molar-refractivity contribution in [1.82, 2.24) is 0 Å². The molecule has 0 saturated heterocycles. The first kappa shape index (κ1) is 20.3. The maximum Gasteiger partial charge on any atom is 0.418 e. The molecule has 2 nitrogen and oxygen atoms in total. The molecular weight excluding hydrogens is 361 g/mol. The smallest absolute Gasteiger partial charge is 0.338 e. The van der Waals surface area contributed by atoms with Gasteiger partial charge in [-0.2, -0.15) is 18.4 Å². The van der Waals surface area contributed by atoms with Crippen molar-refractivity contribution in [2.75, 3.05) is 4.90 Å². The molecule has 0 radical (unpaired) electrons. The summed E-state index contributed by atoms with van der Waals surface area (Å²) in [5, 5.41) is 9.10. The summed E-state index contributed by atoms with van der Waals surface area (Å²) in [5.74, 6) is 0.179. The van der Waals surface area contributed by atoms with Crippen LogP contribution in [0.25, 0.3) is 0 Å². The van der Waals surface area contributed by atoms with Gasteiger partial charge >= 0.3 is 6.18 Å². The van der Waals surface area contributed by atoms with Gasteiger partial charge in [0, 0.05) is 11.7 Å². The summed E-state index contributed by atoms with van der Waals surface area (Å²) in [6, 6.07) is 5.51. The quantitative estimate of drug-likeness (QED) is 0.534. The highest BCUT2D eigenvalue weighted by Gasteiger charge is 2.37. The van der Waals surface area contributed by atoms with E-state index in [1.807, 2.05) is 36.1 Å². The van der Waals surface area contributed by atoms with E-state index in [0.29, 0.717) is 0 Å². The summed E-state index contributed by atoms with van der Waals surface area (Å²) >= 11 is 0. The van der Waals surface area contributed by atoms with Crippen LogP contribution in [0, 0.1) is 17.2 Å². The van der Waals surface area contributed by atoms with Gasteiger partial charge < -0.3 is 4.90 Å². The van der Waals surface area contributed by atoms with Crippen LogP contribution in [0.4, 0.5) is 18.9 Å². The number of rotatable bonds is 1. The minimum absolute atomic E-state index is 0.0219. The molecule has 28 heavy (non-hydrogen) atoms. The minimum Gasteiger partial charge on any atom is -0.338 e. The maximum absolute atomic E-state index is 13.9. The Balaban J connectivity index is 2.26. The molecule has 0 fully saturated rings. The molecule has 3 rings (SSSR count). The second-order valence-corrected chi connectivity index (χ2v) is 7.54. The highest BCUT2D eigenvalue weighted by atomic mass is 19.4. The first-order valence-corrected chi connectivity index (χ1v) is 9.80. The lowest BCUT2D eigenvalue weighted by atomic mass is 9.93. The molecular formula is C23H25F3N2. The average Bonchev–Trinajstić information content (AvgIpc) is 2.88. The van der Waals surface area contributed by atoms with Gasteiger partial charge in [0.2, 0.25) is 0 Å². The first-order chi connectivity index (χ1) is 13.3.